The first-order valence-corrected chi connectivity index (χ1v) is 8.36. The van der Waals surface area contributed by atoms with Crippen LogP contribution in [0.2, 0.25) is 0 Å². The summed E-state index contributed by atoms with van der Waals surface area (Å²) in [7, 11) is 0. The Morgan fingerprint density at radius 1 is 1.14 bits per heavy atom. The largest absolute Gasteiger partial charge is 0.305 e. The van der Waals surface area contributed by atoms with Gasteiger partial charge in [0.25, 0.3) is 0 Å². The van der Waals surface area contributed by atoms with E-state index in [9.17, 15) is 0 Å². The molecular weight excluding hydrogens is 276 g/mol. The van der Waals surface area contributed by atoms with Gasteiger partial charge in [0, 0.05) is 17.5 Å². The van der Waals surface area contributed by atoms with Crippen LogP contribution in [0.1, 0.15) is 60.4 Å². The lowest BCUT2D eigenvalue weighted by molar-refractivity contribution is 0.571. The van der Waals surface area contributed by atoms with Gasteiger partial charge in [-0.2, -0.15) is 0 Å². The number of thiazole rings is 1. The van der Waals surface area contributed by atoms with Crippen molar-refractivity contribution in [2.45, 2.75) is 59.5 Å². The van der Waals surface area contributed by atoms with Gasteiger partial charge in [0.15, 0.2) is 0 Å². The van der Waals surface area contributed by atoms with E-state index < -0.39 is 0 Å². The number of nitrogens with one attached hydrogen (secondary N) is 1. The zero-order valence-electron chi connectivity index (χ0n) is 13.9. The van der Waals surface area contributed by atoms with Crippen LogP contribution in [0.25, 0.3) is 0 Å². The molecule has 21 heavy (non-hydrogen) atoms. The average molecular weight is 302 g/mol. The van der Waals surface area contributed by atoms with E-state index in [0.717, 1.165) is 17.2 Å². The van der Waals surface area contributed by atoms with E-state index in [-0.39, 0.29) is 5.41 Å². The lowest BCUT2D eigenvalue weighted by Gasteiger charge is -2.20. The second-order valence-corrected chi connectivity index (χ2v) is 8.00. The molecule has 2 aromatic rings. The zero-order chi connectivity index (χ0) is 15.6. The van der Waals surface area contributed by atoms with Crippen LogP contribution in [0, 0.1) is 13.8 Å². The fourth-order valence-corrected chi connectivity index (χ4v) is 3.26. The lowest BCUT2D eigenvalue weighted by Crippen LogP contribution is -2.18. The SMILES string of the molecule is Cc1nc(C)c(CNC(C)c2ccc(C(C)(C)C)cc2)s1. The van der Waals surface area contributed by atoms with Crippen LogP contribution in [-0.2, 0) is 12.0 Å². The van der Waals surface area contributed by atoms with Gasteiger partial charge in [0.05, 0.1) is 10.7 Å². The quantitative estimate of drug-likeness (QED) is 0.868. The first-order valence-electron chi connectivity index (χ1n) is 7.54. The third-order valence-corrected chi connectivity index (χ3v) is 4.92. The van der Waals surface area contributed by atoms with Crippen molar-refractivity contribution >= 4 is 11.3 Å². The smallest absolute Gasteiger partial charge is 0.0900 e. The second-order valence-electron chi connectivity index (χ2n) is 6.72. The number of nitrogens with zero attached hydrogens (tertiary/aromatic N) is 1. The number of rotatable bonds is 4. The molecule has 0 bridgehead atoms. The van der Waals surface area contributed by atoms with Crippen LogP contribution in [0.4, 0.5) is 0 Å². The monoisotopic (exact) mass is 302 g/mol. The summed E-state index contributed by atoms with van der Waals surface area (Å²) in [5, 5.41) is 4.74. The van der Waals surface area contributed by atoms with E-state index >= 15 is 0 Å². The maximum absolute atomic E-state index is 4.48. The molecule has 0 amide bonds. The molecular formula is C18H26N2S. The summed E-state index contributed by atoms with van der Waals surface area (Å²) < 4.78 is 0. The molecule has 1 heterocycles. The predicted molar refractivity (Wildman–Crippen MR) is 92.0 cm³/mol. The number of hydrogen-bond donors (Lipinski definition) is 1. The van der Waals surface area contributed by atoms with Gasteiger partial charge in [-0.1, -0.05) is 45.0 Å². The Bertz CT molecular complexity index is 591. The van der Waals surface area contributed by atoms with Crippen molar-refractivity contribution in [1.82, 2.24) is 10.3 Å². The molecule has 2 nitrogen and oxygen atoms in total. The fourth-order valence-electron chi connectivity index (χ4n) is 2.37. The molecule has 0 radical (unpaired) electrons. The van der Waals surface area contributed by atoms with Gasteiger partial charge in [0.2, 0.25) is 0 Å². The molecule has 1 atom stereocenters. The third kappa shape index (κ3) is 4.14. The predicted octanol–water partition coefficient (Wildman–Crippen LogP) is 4.91. The van der Waals surface area contributed by atoms with Crippen molar-refractivity contribution in [3.05, 3.63) is 51.0 Å². The normalized spacial score (nSPS) is 13.4. The van der Waals surface area contributed by atoms with Gasteiger partial charge >= 0.3 is 0 Å². The van der Waals surface area contributed by atoms with Crippen molar-refractivity contribution in [3.63, 3.8) is 0 Å². The van der Waals surface area contributed by atoms with E-state index in [2.05, 4.69) is 76.1 Å². The van der Waals surface area contributed by atoms with Crippen LogP contribution in [-0.4, -0.2) is 4.98 Å². The Labute approximate surface area is 132 Å². The van der Waals surface area contributed by atoms with Crippen LogP contribution in [0.5, 0.6) is 0 Å². The highest BCUT2D eigenvalue weighted by atomic mass is 32.1. The molecule has 0 saturated heterocycles. The van der Waals surface area contributed by atoms with Crippen LogP contribution >= 0.6 is 11.3 Å². The van der Waals surface area contributed by atoms with Gasteiger partial charge in [-0.05, 0) is 37.3 Å². The average Bonchev–Trinajstić information content (AvgIpc) is 2.73. The molecule has 2 rings (SSSR count). The van der Waals surface area contributed by atoms with Crippen LogP contribution < -0.4 is 5.32 Å². The summed E-state index contributed by atoms with van der Waals surface area (Å²) in [5.41, 5.74) is 4.08. The minimum atomic E-state index is 0.215. The van der Waals surface area contributed by atoms with Gasteiger partial charge in [-0.25, -0.2) is 4.98 Å². The molecule has 114 valence electrons. The van der Waals surface area contributed by atoms with Gasteiger partial charge in [0.1, 0.15) is 0 Å². The summed E-state index contributed by atoms with van der Waals surface area (Å²) in [4.78, 5) is 5.82. The molecule has 0 saturated carbocycles. The van der Waals surface area contributed by atoms with Gasteiger partial charge in [-0.3, -0.25) is 0 Å². The van der Waals surface area contributed by atoms with E-state index in [1.807, 2.05) is 0 Å². The van der Waals surface area contributed by atoms with Crippen molar-refractivity contribution in [2.75, 3.05) is 0 Å². The molecule has 3 heteroatoms. The second kappa shape index (κ2) is 6.29. The van der Waals surface area contributed by atoms with Crippen LogP contribution in [0.3, 0.4) is 0 Å². The molecule has 1 N–H and O–H groups in total. The summed E-state index contributed by atoms with van der Waals surface area (Å²) >= 11 is 1.78. The standard InChI is InChI=1S/C18H26N2S/c1-12(19-11-17-13(2)20-14(3)21-17)15-7-9-16(10-8-15)18(4,5)6/h7-10,12,19H,11H2,1-6H3. The number of aromatic nitrogens is 1. The van der Waals surface area contributed by atoms with E-state index in [0.29, 0.717) is 6.04 Å². The molecule has 0 aliphatic rings. The Morgan fingerprint density at radius 3 is 2.24 bits per heavy atom. The maximum Gasteiger partial charge on any atom is 0.0900 e. The first kappa shape index (κ1) is 16.2. The molecule has 1 aromatic carbocycles. The molecule has 1 aromatic heterocycles. The highest BCUT2D eigenvalue weighted by Crippen LogP contribution is 2.24. The number of aryl methyl sites for hydroxylation is 2. The van der Waals surface area contributed by atoms with Crippen LogP contribution in [0.15, 0.2) is 24.3 Å². The first-order chi connectivity index (χ1) is 9.77. The summed E-state index contributed by atoms with van der Waals surface area (Å²) in [6.45, 7) is 14.0. The highest BCUT2D eigenvalue weighted by Gasteiger charge is 2.14. The fraction of sp³-hybridized carbons (Fsp3) is 0.500. The van der Waals surface area contributed by atoms with E-state index in [1.54, 1.807) is 11.3 Å². The van der Waals surface area contributed by atoms with Crippen molar-refractivity contribution in [1.29, 1.82) is 0 Å². The Morgan fingerprint density at radius 2 is 1.76 bits per heavy atom. The molecule has 0 aliphatic heterocycles. The summed E-state index contributed by atoms with van der Waals surface area (Å²) in [6, 6.07) is 9.32. The Balaban J connectivity index is 2.00. The molecule has 1 unspecified atom stereocenters. The minimum Gasteiger partial charge on any atom is -0.305 e. The summed E-state index contributed by atoms with van der Waals surface area (Å²) in [6.07, 6.45) is 0. The third-order valence-electron chi connectivity index (χ3n) is 3.85. The topological polar surface area (TPSA) is 24.9 Å². The molecule has 0 aliphatic carbocycles. The lowest BCUT2D eigenvalue weighted by atomic mass is 9.86. The van der Waals surface area contributed by atoms with E-state index in [1.165, 1.54) is 16.0 Å². The van der Waals surface area contributed by atoms with Crippen molar-refractivity contribution in [3.8, 4) is 0 Å². The van der Waals surface area contributed by atoms with Crippen molar-refractivity contribution < 1.29 is 0 Å². The zero-order valence-corrected chi connectivity index (χ0v) is 14.8. The van der Waals surface area contributed by atoms with Gasteiger partial charge < -0.3 is 5.32 Å². The Hall–Kier alpha value is -1.19. The van der Waals surface area contributed by atoms with E-state index in [4.69, 9.17) is 0 Å². The number of hydrogen-bond acceptors (Lipinski definition) is 3. The summed E-state index contributed by atoms with van der Waals surface area (Å²) in [5.74, 6) is 0. The molecule has 0 fully saturated rings. The highest BCUT2D eigenvalue weighted by molar-refractivity contribution is 7.11. The molecule has 0 spiro atoms. The van der Waals surface area contributed by atoms with Gasteiger partial charge in [-0.15, -0.1) is 11.3 Å². The number of benzene rings is 1. The Kier molecular flexibility index (Phi) is 4.84. The maximum atomic E-state index is 4.48. The minimum absolute atomic E-state index is 0.215. The van der Waals surface area contributed by atoms with Crippen molar-refractivity contribution in [2.24, 2.45) is 0 Å².